The summed E-state index contributed by atoms with van der Waals surface area (Å²) in [4.78, 5) is 10.7. The fourth-order valence-corrected chi connectivity index (χ4v) is 1.35. The van der Waals surface area contributed by atoms with Crippen molar-refractivity contribution in [3.63, 3.8) is 0 Å². The van der Waals surface area contributed by atoms with Crippen LogP contribution in [0.1, 0.15) is 4.88 Å². The van der Waals surface area contributed by atoms with Gasteiger partial charge >= 0.3 is 0 Å². The number of rotatable bonds is 2. The molecule has 1 aromatic heterocycles. The van der Waals surface area contributed by atoms with Gasteiger partial charge in [0, 0.05) is 4.88 Å². The second-order valence-corrected chi connectivity index (χ2v) is 2.94. The SMILES string of the molecule is O=N/C(Cl)=C/c1cccs1. The molecule has 4 heteroatoms. The topological polar surface area (TPSA) is 29.4 Å². The molecular formula is C6H4ClNOS. The molecule has 52 valence electrons. The van der Waals surface area contributed by atoms with Gasteiger partial charge in [-0.25, -0.2) is 0 Å². The molecule has 0 saturated heterocycles. The first-order valence-electron chi connectivity index (χ1n) is 2.57. The fraction of sp³-hybridized carbons (Fsp3) is 0. The van der Waals surface area contributed by atoms with Gasteiger partial charge in [-0.3, -0.25) is 0 Å². The van der Waals surface area contributed by atoms with Crippen molar-refractivity contribution in [2.24, 2.45) is 5.18 Å². The average Bonchev–Trinajstić information content (AvgIpc) is 2.40. The first-order valence-corrected chi connectivity index (χ1v) is 3.83. The smallest absolute Gasteiger partial charge is 0.144 e. The molecule has 10 heavy (non-hydrogen) atoms. The number of nitroso groups, excluding NO2 is 1. The van der Waals surface area contributed by atoms with Gasteiger partial charge in [-0.05, 0) is 22.7 Å². The summed E-state index contributed by atoms with van der Waals surface area (Å²) in [5, 5.41) is 4.44. The third-order valence-corrected chi connectivity index (χ3v) is 1.89. The molecule has 0 unspecified atom stereocenters. The first-order chi connectivity index (χ1) is 4.83. The van der Waals surface area contributed by atoms with Gasteiger partial charge in [0.2, 0.25) is 0 Å². The van der Waals surface area contributed by atoms with Gasteiger partial charge in [0.1, 0.15) is 0 Å². The zero-order valence-corrected chi connectivity index (χ0v) is 6.52. The molecule has 0 spiro atoms. The van der Waals surface area contributed by atoms with Crippen molar-refractivity contribution in [2.75, 3.05) is 0 Å². The largest absolute Gasteiger partial charge is 0.174 e. The predicted molar refractivity (Wildman–Crippen MR) is 43.9 cm³/mol. The summed E-state index contributed by atoms with van der Waals surface area (Å²) in [7, 11) is 0. The maximum absolute atomic E-state index is 9.79. The van der Waals surface area contributed by atoms with Gasteiger partial charge < -0.3 is 0 Å². The summed E-state index contributed by atoms with van der Waals surface area (Å²) in [5.74, 6) is 0. The lowest BCUT2D eigenvalue weighted by Gasteiger charge is -1.80. The summed E-state index contributed by atoms with van der Waals surface area (Å²) in [5.41, 5.74) is 0. The summed E-state index contributed by atoms with van der Waals surface area (Å²) in [6.07, 6.45) is 1.53. The van der Waals surface area contributed by atoms with Crippen LogP contribution in [-0.4, -0.2) is 0 Å². The van der Waals surface area contributed by atoms with Crippen molar-refractivity contribution < 1.29 is 0 Å². The van der Waals surface area contributed by atoms with E-state index in [1.165, 1.54) is 17.4 Å². The second-order valence-electron chi connectivity index (χ2n) is 1.57. The van der Waals surface area contributed by atoms with Crippen LogP contribution in [0.3, 0.4) is 0 Å². The minimum atomic E-state index is -0.0116. The Bertz CT molecular complexity index is 242. The summed E-state index contributed by atoms with van der Waals surface area (Å²) in [6.45, 7) is 0. The molecule has 2 nitrogen and oxygen atoms in total. The Kier molecular flexibility index (Phi) is 2.59. The molecule has 1 rings (SSSR count). The Morgan fingerprint density at radius 1 is 1.80 bits per heavy atom. The minimum Gasteiger partial charge on any atom is -0.144 e. The van der Waals surface area contributed by atoms with E-state index in [9.17, 15) is 4.91 Å². The van der Waals surface area contributed by atoms with Gasteiger partial charge in [0.25, 0.3) is 0 Å². The standard InChI is InChI=1S/C6H4ClNOS/c7-6(8-9)4-5-2-1-3-10-5/h1-4H/b6-4+. The van der Waals surface area contributed by atoms with E-state index in [0.717, 1.165) is 4.88 Å². The van der Waals surface area contributed by atoms with Crippen molar-refractivity contribution in [2.45, 2.75) is 0 Å². The normalized spacial score (nSPS) is 11.5. The van der Waals surface area contributed by atoms with Gasteiger partial charge in [-0.1, -0.05) is 17.7 Å². The van der Waals surface area contributed by atoms with Gasteiger partial charge in [0.15, 0.2) is 5.16 Å². The van der Waals surface area contributed by atoms with E-state index in [1.807, 2.05) is 17.5 Å². The fourth-order valence-electron chi connectivity index (χ4n) is 0.517. The third kappa shape index (κ3) is 1.93. The Hall–Kier alpha value is -0.670. The van der Waals surface area contributed by atoms with Crippen molar-refractivity contribution >= 4 is 29.0 Å². The second kappa shape index (κ2) is 3.49. The Balaban J connectivity index is 2.80. The van der Waals surface area contributed by atoms with Crippen molar-refractivity contribution in [3.8, 4) is 0 Å². The van der Waals surface area contributed by atoms with Gasteiger partial charge in [-0.15, -0.1) is 16.2 Å². The van der Waals surface area contributed by atoms with Crippen LogP contribution in [0.2, 0.25) is 0 Å². The highest BCUT2D eigenvalue weighted by molar-refractivity contribution is 7.10. The van der Waals surface area contributed by atoms with E-state index >= 15 is 0 Å². The molecule has 0 saturated carbocycles. The Morgan fingerprint density at radius 2 is 2.60 bits per heavy atom. The third-order valence-electron chi connectivity index (χ3n) is 0.892. The van der Waals surface area contributed by atoms with Crippen LogP contribution in [0.25, 0.3) is 6.08 Å². The average molecular weight is 174 g/mol. The predicted octanol–water partition coefficient (Wildman–Crippen LogP) is 3.05. The lowest BCUT2D eigenvalue weighted by molar-refractivity contribution is 1.51. The summed E-state index contributed by atoms with van der Waals surface area (Å²) < 4.78 is 0. The van der Waals surface area contributed by atoms with Crippen LogP contribution >= 0.6 is 22.9 Å². The van der Waals surface area contributed by atoms with Crippen LogP contribution in [0.15, 0.2) is 27.8 Å². The maximum atomic E-state index is 9.79. The lowest BCUT2D eigenvalue weighted by Crippen LogP contribution is -1.59. The van der Waals surface area contributed by atoms with E-state index in [1.54, 1.807) is 0 Å². The molecule has 0 aliphatic rings. The van der Waals surface area contributed by atoms with Gasteiger partial charge in [0.05, 0.1) is 0 Å². The molecule has 0 aliphatic carbocycles. The van der Waals surface area contributed by atoms with Crippen LogP contribution < -0.4 is 0 Å². The van der Waals surface area contributed by atoms with Crippen molar-refractivity contribution in [1.29, 1.82) is 0 Å². The van der Waals surface area contributed by atoms with Gasteiger partial charge in [-0.2, -0.15) is 0 Å². The summed E-state index contributed by atoms with van der Waals surface area (Å²) in [6, 6.07) is 3.74. The van der Waals surface area contributed by atoms with Crippen LogP contribution in [-0.2, 0) is 0 Å². The summed E-state index contributed by atoms with van der Waals surface area (Å²) >= 11 is 6.85. The minimum absolute atomic E-state index is 0.0116. The molecule has 0 atom stereocenters. The maximum Gasteiger partial charge on any atom is 0.174 e. The molecule has 1 heterocycles. The molecule has 0 radical (unpaired) electrons. The molecule has 0 N–H and O–H groups in total. The molecule has 0 aromatic carbocycles. The molecule has 1 aromatic rings. The van der Waals surface area contributed by atoms with Crippen molar-refractivity contribution in [1.82, 2.24) is 0 Å². The number of hydrogen-bond donors (Lipinski definition) is 0. The van der Waals surface area contributed by atoms with E-state index in [0.29, 0.717) is 0 Å². The first kappa shape index (κ1) is 7.44. The Morgan fingerprint density at radius 3 is 3.10 bits per heavy atom. The van der Waals surface area contributed by atoms with E-state index in [-0.39, 0.29) is 5.16 Å². The van der Waals surface area contributed by atoms with E-state index in [2.05, 4.69) is 5.18 Å². The lowest BCUT2D eigenvalue weighted by atomic mass is 10.4. The molecule has 0 aliphatic heterocycles. The zero-order chi connectivity index (χ0) is 7.40. The zero-order valence-electron chi connectivity index (χ0n) is 4.95. The quantitative estimate of drug-likeness (QED) is 0.499. The molecule has 0 bridgehead atoms. The highest BCUT2D eigenvalue weighted by Crippen LogP contribution is 2.15. The number of thiophene rings is 1. The molecular weight excluding hydrogens is 170 g/mol. The number of halogens is 1. The number of hydrogen-bond acceptors (Lipinski definition) is 3. The number of nitrogens with zero attached hydrogens (tertiary/aromatic N) is 1. The molecule has 0 fully saturated rings. The molecule has 0 amide bonds. The monoisotopic (exact) mass is 173 g/mol. The highest BCUT2D eigenvalue weighted by atomic mass is 35.5. The van der Waals surface area contributed by atoms with Crippen LogP contribution in [0.5, 0.6) is 0 Å². The van der Waals surface area contributed by atoms with E-state index < -0.39 is 0 Å². The van der Waals surface area contributed by atoms with Crippen LogP contribution in [0, 0.1) is 4.91 Å². The van der Waals surface area contributed by atoms with Crippen molar-refractivity contribution in [3.05, 3.63) is 32.5 Å². The van der Waals surface area contributed by atoms with Crippen LogP contribution in [0.4, 0.5) is 0 Å². The highest BCUT2D eigenvalue weighted by Gasteiger charge is 1.91. The van der Waals surface area contributed by atoms with E-state index in [4.69, 9.17) is 11.6 Å². The Labute approximate surface area is 67.1 Å².